The van der Waals surface area contributed by atoms with E-state index in [0.717, 1.165) is 11.8 Å². The highest BCUT2D eigenvalue weighted by molar-refractivity contribution is 7.90. The van der Waals surface area contributed by atoms with E-state index < -0.39 is 21.7 Å². The van der Waals surface area contributed by atoms with Gasteiger partial charge in [-0.3, -0.25) is 4.79 Å². The first-order chi connectivity index (χ1) is 12.2. The van der Waals surface area contributed by atoms with Gasteiger partial charge in [-0.15, -0.1) is 0 Å². The number of sulfone groups is 1. The highest BCUT2D eigenvalue weighted by Crippen LogP contribution is 2.16. The fraction of sp³-hybridized carbons (Fsp3) is 0.222. The van der Waals surface area contributed by atoms with Crippen LogP contribution in [0.15, 0.2) is 48.5 Å². The topological polar surface area (TPSA) is 113 Å². The molecular formula is C18H20N2O5S. The lowest BCUT2D eigenvalue weighted by Crippen LogP contribution is -2.26. The summed E-state index contributed by atoms with van der Waals surface area (Å²) in [5.41, 5.74) is 1.37. The number of anilines is 1. The monoisotopic (exact) mass is 376 g/mol. The van der Waals surface area contributed by atoms with Crippen LogP contribution in [-0.2, 0) is 16.3 Å². The summed E-state index contributed by atoms with van der Waals surface area (Å²) in [6.07, 6.45) is 1.70. The predicted octanol–water partition coefficient (Wildman–Crippen LogP) is 1.77. The molecule has 0 bridgehead atoms. The van der Waals surface area contributed by atoms with Crippen molar-refractivity contribution in [3.05, 3.63) is 65.2 Å². The molecule has 0 unspecified atom stereocenters. The van der Waals surface area contributed by atoms with Gasteiger partial charge in [-0.05, 0) is 30.2 Å². The van der Waals surface area contributed by atoms with Crippen LogP contribution in [-0.4, -0.2) is 44.1 Å². The van der Waals surface area contributed by atoms with E-state index in [-0.39, 0.29) is 22.7 Å². The van der Waals surface area contributed by atoms with Gasteiger partial charge in [-0.1, -0.05) is 30.3 Å². The summed E-state index contributed by atoms with van der Waals surface area (Å²) in [5, 5.41) is 14.6. The summed E-state index contributed by atoms with van der Waals surface area (Å²) in [5.74, 6) is -1.98. The lowest BCUT2D eigenvalue weighted by Gasteiger charge is -2.10. The third kappa shape index (κ3) is 6.21. The first kappa shape index (κ1) is 19.5. The second kappa shape index (κ2) is 8.48. The van der Waals surface area contributed by atoms with Gasteiger partial charge >= 0.3 is 5.97 Å². The SMILES string of the molecule is CS(=O)(=O)CNc1cc(C(=O)O)cc(C(=O)NCCc2ccccc2)c1. The summed E-state index contributed by atoms with van der Waals surface area (Å²) >= 11 is 0. The van der Waals surface area contributed by atoms with E-state index in [0.29, 0.717) is 13.0 Å². The summed E-state index contributed by atoms with van der Waals surface area (Å²) in [6.45, 7) is 0.395. The molecule has 0 heterocycles. The molecule has 2 rings (SSSR count). The van der Waals surface area contributed by atoms with Gasteiger partial charge in [0.25, 0.3) is 5.91 Å². The third-order valence-corrected chi connectivity index (χ3v) is 4.19. The van der Waals surface area contributed by atoms with Gasteiger partial charge in [-0.25, -0.2) is 13.2 Å². The Labute approximate surface area is 152 Å². The van der Waals surface area contributed by atoms with Crippen LogP contribution in [0.1, 0.15) is 26.3 Å². The zero-order valence-corrected chi connectivity index (χ0v) is 15.0. The molecule has 8 heteroatoms. The largest absolute Gasteiger partial charge is 0.478 e. The van der Waals surface area contributed by atoms with E-state index in [1.807, 2.05) is 30.3 Å². The number of rotatable bonds is 8. The molecule has 0 aliphatic heterocycles. The molecule has 0 fully saturated rings. The number of carbonyl (C=O) groups is 2. The number of carboxylic acid groups (broad SMARTS) is 1. The maximum absolute atomic E-state index is 12.3. The van der Waals surface area contributed by atoms with Crippen LogP contribution < -0.4 is 10.6 Å². The van der Waals surface area contributed by atoms with Gasteiger partial charge in [-0.2, -0.15) is 0 Å². The minimum absolute atomic E-state index is 0.100. The predicted molar refractivity (Wildman–Crippen MR) is 99.2 cm³/mol. The summed E-state index contributed by atoms with van der Waals surface area (Å²) in [4.78, 5) is 23.6. The second-order valence-electron chi connectivity index (χ2n) is 5.84. The molecule has 0 aromatic heterocycles. The summed E-state index contributed by atoms with van der Waals surface area (Å²) < 4.78 is 22.5. The van der Waals surface area contributed by atoms with Crippen molar-refractivity contribution in [3.63, 3.8) is 0 Å². The highest BCUT2D eigenvalue weighted by atomic mass is 32.2. The van der Waals surface area contributed by atoms with E-state index in [4.69, 9.17) is 0 Å². The fourth-order valence-electron chi connectivity index (χ4n) is 2.27. The van der Waals surface area contributed by atoms with E-state index in [1.165, 1.54) is 18.2 Å². The van der Waals surface area contributed by atoms with Crippen LogP contribution in [0.4, 0.5) is 5.69 Å². The van der Waals surface area contributed by atoms with Gasteiger partial charge in [0.2, 0.25) is 0 Å². The van der Waals surface area contributed by atoms with Crippen molar-refractivity contribution in [2.24, 2.45) is 0 Å². The first-order valence-electron chi connectivity index (χ1n) is 7.87. The average Bonchev–Trinajstić information content (AvgIpc) is 2.60. The van der Waals surface area contributed by atoms with Crippen molar-refractivity contribution in [1.82, 2.24) is 5.32 Å². The van der Waals surface area contributed by atoms with Crippen LogP contribution in [0.5, 0.6) is 0 Å². The van der Waals surface area contributed by atoms with Crippen LogP contribution in [0.25, 0.3) is 0 Å². The van der Waals surface area contributed by atoms with Crippen LogP contribution >= 0.6 is 0 Å². The average molecular weight is 376 g/mol. The maximum Gasteiger partial charge on any atom is 0.335 e. The van der Waals surface area contributed by atoms with Crippen molar-refractivity contribution < 1.29 is 23.1 Å². The maximum atomic E-state index is 12.3. The smallest absolute Gasteiger partial charge is 0.335 e. The third-order valence-electron chi connectivity index (χ3n) is 3.52. The molecular weight excluding hydrogens is 356 g/mol. The van der Waals surface area contributed by atoms with E-state index in [1.54, 1.807) is 0 Å². The van der Waals surface area contributed by atoms with Crippen LogP contribution in [0, 0.1) is 0 Å². The number of hydrogen-bond acceptors (Lipinski definition) is 5. The molecule has 0 atom stereocenters. The Bertz CT molecular complexity index is 895. The Morgan fingerprint density at radius 1 is 1.04 bits per heavy atom. The molecule has 26 heavy (non-hydrogen) atoms. The molecule has 0 aliphatic carbocycles. The Kier molecular flexibility index (Phi) is 6.35. The normalized spacial score (nSPS) is 11.0. The first-order valence-corrected chi connectivity index (χ1v) is 9.93. The van der Waals surface area contributed by atoms with Crippen molar-refractivity contribution in [1.29, 1.82) is 0 Å². The minimum Gasteiger partial charge on any atom is -0.478 e. The molecule has 2 aromatic rings. The Morgan fingerprint density at radius 3 is 2.31 bits per heavy atom. The van der Waals surface area contributed by atoms with Gasteiger partial charge in [0, 0.05) is 24.1 Å². The van der Waals surface area contributed by atoms with Crippen LogP contribution in [0.2, 0.25) is 0 Å². The molecule has 0 aliphatic rings. The standard InChI is InChI=1S/C18H20N2O5S/c1-26(24,25)12-20-16-10-14(9-15(11-16)18(22)23)17(21)19-8-7-13-5-3-2-4-6-13/h2-6,9-11,20H,7-8,12H2,1H3,(H,19,21)(H,22,23). The quantitative estimate of drug-likeness (QED) is 0.647. The van der Waals surface area contributed by atoms with E-state index in [9.17, 15) is 23.1 Å². The van der Waals surface area contributed by atoms with E-state index >= 15 is 0 Å². The number of benzene rings is 2. The van der Waals surface area contributed by atoms with Crippen molar-refractivity contribution >= 4 is 27.4 Å². The Hall–Kier alpha value is -2.87. The van der Waals surface area contributed by atoms with Gasteiger partial charge in [0.1, 0.15) is 5.88 Å². The molecule has 3 N–H and O–H groups in total. The number of aromatic carboxylic acids is 1. The zero-order chi connectivity index (χ0) is 19.2. The van der Waals surface area contributed by atoms with Gasteiger partial charge in [0.15, 0.2) is 9.84 Å². The second-order valence-corrected chi connectivity index (χ2v) is 7.98. The number of carboxylic acids is 1. The molecule has 138 valence electrons. The number of hydrogen-bond donors (Lipinski definition) is 3. The Morgan fingerprint density at radius 2 is 1.69 bits per heavy atom. The van der Waals surface area contributed by atoms with Gasteiger partial charge in [0.05, 0.1) is 5.56 Å². The van der Waals surface area contributed by atoms with Crippen molar-refractivity contribution in [2.75, 3.05) is 24.0 Å². The fourth-order valence-corrected chi connectivity index (χ4v) is 2.69. The van der Waals surface area contributed by atoms with Crippen LogP contribution in [0.3, 0.4) is 0 Å². The molecule has 1 amide bonds. The molecule has 0 saturated carbocycles. The summed E-state index contributed by atoms with van der Waals surface area (Å²) in [7, 11) is -3.29. The molecule has 0 spiro atoms. The van der Waals surface area contributed by atoms with Crippen molar-refractivity contribution in [3.8, 4) is 0 Å². The number of amides is 1. The lowest BCUT2D eigenvalue weighted by molar-refractivity contribution is 0.0697. The molecule has 7 nitrogen and oxygen atoms in total. The lowest BCUT2D eigenvalue weighted by atomic mass is 10.1. The number of carbonyl (C=O) groups excluding carboxylic acids is 1. The minimum atomic E-state index is -3.29. The van der Waals surface area contributed by atoms with Crippen molar-refractivity contribution in [2.45, 2.75) is 6.42 Å². The molecule has 2 aromatic carbocycles. The molecule has 0 saturated heterocycles. The zero-order valence-electron chi connectivity index (χ0n) is 14.2. The number of nitrogens with one attached hydrogen (secondary N) is 2. The van der Waals surface area contributed by atoms with E-state index in [2.05, 4.69) is 10.6 Å². The molecule has 0 radical (unpaired) electrons. The highest BCUT2D eigenvalue weighted by Gasteiger charge is 2.13. The Balaban J connectivity index is 2.09. The summed E-state index contributed by atoms with van der Waals surface area (Å²) in [6, 6.07) is 13.6. The van der Waals surface area contributed by atoms with Gasteiger partial charge < -0.3 is 15.7 Å².